The number of hydrogen-bond donors (Lipinski definition) is 1. The smallest absolute Gasteiger partial charge is 0.261 e. The number of hydrogen-bond acceptors (Lipinski definition) is 3. The van der Waals surface area contributed by atoms with E-state index in [1.165, 1.54) is 0 Å². The molecule has 3 aromatic rings. The van der Waals surface area contributed by atoms with E-state index in [9.17, 15) is 9.59 Å². The van der Waals surface area contributed by atoms with Crippen LogP contribution in [0.15, 0.2) is 83.3 Å². The van der Waals surface area contributed by atoms with Gasteiger partial charge in [0.05, 0.1) is 0 Å². The predicted octanol–water partition coefficient (Wildman–Crippen LogP) is 5.73. The Morgan fingerprint density at radius 2 is 1.63 bits per heavy atom. The molecule has 1 N–H and O–H groups in total. The Bertz CT molecular complexity index is 1120. The fourth-order valence-corrected chi connectivity index (χ4v) is 4.44. The number of para-hydroxylation sites is 1. The van der Waals surface area contributed by atoms with Crippen LogP contribution < -0.4 is 10.1 Å². The van der Waals surface area contributed by atoms with Crippen molar-refractivity contribution in [2.45, 2.75) is 45.7 Å². The normalized spacial score (nSPS) is 11.7. The summed E-state index contributed by atoms with van der Waals surface area (Å²) in [5, 5.41) is 2.91. The Kier molecular flexibility index (Phi) is 9.91. The number of likely N-dealkylation sites (N-methyl/N-ethyl adjacent to an activating group) is 1. The van der Waals surface area contributed by atoms with E-state index in [0.717, 1.165) is 21.2 Å². The van der Waals surface area contributed by atoms with Crippen molar-refractivity contribution in [3.05, 3.63) is 100 Å². The van der Waals surface area contributed by atoms with Crippen molar-refractivity contribution in [1.29, 1.82) is 0 Å². The summed E-state index contributed by atoms with van der Waals surface area (Å²) < 4.78 is 6.93. The molecule has 1 unspecified atom stereocenters. The largest absolute Gasteiger partial charge is 0.483 e. The maximum atomic E-state index is 13.6. The molecule has 2 amide bonds. The Balaban J connectivity index is 1.91. The molecule has 1 atom stereocenters. The number of halogens is 1. The maximum Gasteiger partial charge on any atom is 0.261 e. The second-order valence-electron chi connectivity index (χ2n) is 8.73. The average Bonchev–Trinajstić information content (AvgIpc) is 2.85. The number of benzene rings is 3. The van der Waals surface area contributed by atoms with Crippen molar-refractivity contribution in [3.63, 3.8) is 0 Å². The number of carbonyl (C=O) groups is 2. The van der Waals surface area contributed by atoms with E-state index < -0.39 is 6.04 Å². The minimum Gasteiger partial charge on any atom is -0.483 e. The van der Waals surface area contributed by atoms with Crippen LogP contribution in [0.5, 0.6) is 5.75 Å². The lowest BCUT2D eigenvalue weighted by Crippen LogP contribution is -2.51. The number of carbonyl (C=O) groups excluding carboxylic acids is 2. The Hall–Kier alpha value is -3.12. The van der Waals surface area contributed by atoms with Gasteiger partial charge in [0.25, 0.3) is 5.91 Å². The zero-order valence-corrected chi connectivity index (χ0v) is 22.1. The molecule has 0 radical (unpaired) electrons. The van der Waals surface area contributed by atoms with Gasteiger partial charge in [-0.25, -0.2) is 0 Å². The highest BCUT2D eigenvalue weighted by molar-refractivity contribution is 9.10. The van der Waals surface area contributed by atoms with Crippen LogP contribution in [0.1, 0.15) is 43.4 Å². The van der Waals surface area contributed by atoms with Gasteiger partial charge in [-0.3, -0.25) is 9.59 Å². The first-order valence-corrected chi connectivity index (χ1v) is 12.8. The summed E-state index contributed by atoms with van der Waals surface area (Å²) in [5.74, 6) is 0.536. The van der Waals surface area contributed by atoms with Crippen LogP contribution >= 0.6 is 15.9 Å². The highest BCUT2D eigenvalue weighted by Crippen LogP contribution is 2.26. The molecule has 6 heteroatoms. The molecule has 0 fully saturated rings. The van der Waals surface area contributed by atoms with E-state index in [2.05, 4.69) is 35.1 Å². The summed E-state index contributed by atoms with van der Waals surface area (Å²) in [6, 6.07) is 24.6. The van der Waals surface area contributed by atoms with Crippen molar-refractivity contribution < 1.29 is 14.3 Å². The first-order chi connectivity index (χ1) is 16.9. The molecule has 5 nitrogen and oxygen atoms in total. The van der Waals surface area contributed by atoms with E-state index in [0.29, 0.717) is 25.3 Å². The average molecular weight is 537 g/mol. The van der Waals surface area contributed by atoms with Crippen LogP contribution in [0.3, 0.4) is 0 Å². The molecule has 3 aromatic carbocycles. The summed E-state index contributed by atoms with van der Waals surface area (Å²) in [7, 11) is 0. The summed E-state index contributed by atoms with van der Waals surface area (Å²) >= 11 is 3.51. The highest BCUT2D eigenvalue weighted by atomic mass is 79.9. The van der Waals surface area contributed by atoms with Gasteiger partial charge in [-0.05, 0) is 47.7 Å². The summed E-state index contributed by atoms with van der Waals surface area (Å²) in [4.78, 5) is 28.5. The minimum absolute atomic E-state index is 0.150. The Morgan fingerprint density at radius 1 is 0.943 bits per heavy atom. The molecule has 0 aliphatic heterocycles. The summed E-state index contributed by atoms with van der Waals surface area (Å²) in [6.07, 6.45) is 0.412. The van der Waals surface area contributed by atoms with Crippen molar-refractivity contribution in [2.75, 3.05) is 13.2 Å². The lowest BCUT2D eigenvalue weighted by molar-refractivity contribution is -0.142. The molecular weight excluding hydrogens is 504 g/mol. The number of nitrogens with one attached hydrogen (secondary N) is 1. The van der Waals surface area contributed by atoms with Crippen LogP contribution in [0.4, 0.5) is 0 Å². The van der Waals surface area contributed by atoms with E-state index in [1.807, 2.05) is 85.8 Å². The third-order valence-electron chi connectivity index (χ3n) is 5.76. The van der Waals surface area contributed by atoms with E-state index in [4.69, 9.17) is 4.74 Å². The van der Waals surface area contributed by atoms with Gasteiger partial charge in [0, 0.05) is 24.0 Å². The molecule has 0 aliphatic carbocycles. The van der Waals surface area contributed by atoms with E-state index in [1.54, 1.807) is 4.90 Å². The Labute approximate surface area is 216 Å². The van der Waals surface area contributed by atoms with Crippen molar-refractivity contribution in [2.24, 2.45) is 0 Å². The molecule has 0 heterocycles. The molecule has 0 aromatic heterocycles. The molecule has 184 valence electrons. The number of amides is 2. The van der Waals surface area contributed by atoms with E-state index >= 15 is 0 Å². The first kappa shape index (κ1) is 26.5. The molecule has 0 saturated heterocycles. The molecule has 0 spiro atoms. The Morgan fingerprint density at radius 3 is 2.31 bits per heavy atom. The van der Waals surface area contributed by atoms with Gasteiger partial charge >= 0.3 is 0 Å². The van der Waals surface area contributed by atoms with Gasteiger partial charge in [0.15, 0.2) is 6.61 Å². The van der Waals surface area contributed by atoms with Crippen LogP contribution in [0.2, 0.25) is 0 Å². The molecule has 0 saturated carbocycles. The maximum absolute atomic E-state index is 13.6. The third-order valence-corrected chi connectivity index (χ3v) is 6.25. The number of ether oxygens (including phenoxy) is 1. The molecule has 3 rings (SSSR count). The second kappa shape index (κ2) is 13.1. The molecule has 0 aliphatic rings. The van der Waals surface area contributed by atoms with Crippen molar-refractivity contribution >= 4 is 27.7 Å². The van der Waals surface area contributed by atoms with Crippen LogP contribution in [-0.2, 0) is 22.6 Å². The van der Waals surface area contributed by atoms with Gasteiger partial charge < -0.3 is 15.0 Å². The number of nitrogens with zero attached hydrogens (tertiary/aromatic N) is 1. The van der Waals surface area contributed by atoms with Gasteiger partial charge in [-0.15, -0.1) is 0 Å². The lowest BCUT2D eigenvalue weighted by atomic mass is 10.0. The first-order valence-electron chi connectivity index (χ1n) is 12.0. The molecular formula is C29H33BrN2O3. The highest BCUT2D eigenvalue weighted by Gasteiger charge is 2.30. The number of rotatable bonds is 11. The molecule has 35 heavy (non-hydrogen) atoms. The predicted molar refractivity (Wildman–Crippen MR) is 143 cm³/mol. The van der Waals surface area contributed by atoms with Crippen LogP contribution in [-0.4, -0.2) is 35.9 Å². The topological polar surface area (TPSA) is 58.6 Å². The van der Waals surface area contributed by atoms with Crippen molar-refractivity contribution in [1.82, 2.24) is 10.2 Å². The van der Waals surface area contributed by atoms with E-state index in [-0.39, 0.29) is 24.3 Å². The van der Waals surface area contributed by atoms with Gasteiger partial charge in [0.2, 0.25) is 5.91 Å². The fraction of sp³-hybridized carbons (Fsp3) is 0.310. The fourth-order valence-electron chi connectivity index (χ4n) is 3.99. The summed E-state index contributed by atoms with van der Waals surface area (Å²) in [5.41, 5.74) is 2.96. The van der Waals surface area contributed by atoms with Gasteiger partial charge in [0.1, 0.15) is 11.8 Å². The molecule has 0 bridgehead atoms. The standard InChI is InChI=1S/C29H33BrN2O3/c1-4-31-29(34)26(18-22-11-6-5-7-12-22)32(19-23-13-10-14-24(30)17-23)28(33)20-35-27-16-9-8-15-25(27)21(2)3/h5-17,21,26H,4,18-20H2,1-3H3,(H,31,34). The quantitative estimate of drug-likeness (QED) is 0.340. The second-order valence-corrected chi connectivity index (χ2v) is 9.65. The zero-order valence-electron chi connectivity index (χ0n) is 20.5. The van der Waals surface area contributed by atoms with Gasteiger partial charge in [-0.2, -0.15) is 0 Å². The lowest BCUT2D eigenvalue weighted by Gasteiger charge is -2.31. The van der Waals surface area contributed by atoms with Crippen LogP contribution in [0.25, 0.3) is 0 Å². The monoisotopic (exact) mass is 536 g/mol. The van der Waals surface area contributed by atoms with Crippen LogP contribution in [0, 0.1) is 0 Å². The summed E-state index contributed by atoms with van der Waals surface area (Å²) in [6.45, 7) is 6.69. The minimum atomic E-state index is -0.673. The van der Waals surface area contributed by atoms with Gasteiger partial charge in [-0.1, -0.05) is 90.4 Å². The third kappa shape index (κ3) is 7.69. The zero-order chi connectivity index (χ0) is 25.2. The SMILES string of the molecule is CCNC(=O)C(Cc1ccccc1)N(Cc1cccc(Br)c1)C(=O)COc1ccccc1C(C)C. The van der Waals surface area contributed by atoms with Crippen molar-refractivity contribution in [3.8, 4) is 5.75 Å².